The number of nitrogens with two attached hydrogens (primary N) is 1. The molecule has 0 aliphatic rings. The van der Waals surface area contributed by atoms with Gasteiger partial charge in [0.15, 0.2) is 5.69 Å². The van der Waals surface area contributed by atoms with E-state index in [9.17, 15) is 9.59 Å². The van der Waals surface area contributed by atoms with Crippen molar-refractivity contribution in [1.29, 1.82) is 0 Å². The average Bonchev–Trinajstić information content (AvgIpc) is 2.68. The van der Waals surface area contributed by atoms with E-state index in [0.717, 1.165) is 0 Å². The number of nitrogens with zero attached hydrogens (tertiary/aromatic N) is 2. The molecule has 0 fully saturated rings. The highest BCUT2D eigenvalue weighted by Gasteiger charge is 2.14. The highest BCUT2D eigenvalue weighted by Crippen LogP contribution is 2.08. The summed E-state index contributed by atoms with van der Waals surface area (Å²) in [5.74, 6) is -1.13. The Morgan fingerprint density at radius 3 is 2.94 bits per heavy atom. The molecule has 0 saturated carbocycles. The molecule has 7 nitrogen and oxygen atoms in total. The predicted molar refractivity (Wildman–Crippen MR) is 60.3 cm³/mol. The van der Waals surface area contributed by atoms with Crippen molar-refractivity contribution < 1.29 is 9.90 Å². The highest BCUT2D eigenvalue weighted by molar-refractivity contribution is 5.86. The van der Waals surface area contributed by atoms with Gasteiger partial charge in [-0.05, 0) is 19.9 Å². The Hall–Kier alpha value is -2.15. The Balaban J connectivity index is 2.73. The maximum absolute atomic E-state index is 11.7. The third-order valence-electron chi connectivity index (χ3n) is 2.59. The van der Waals surface area contributed by atoms with Gasteiger partial charge in [0.05, 0.1) is 0 Å². The molecule has 0 aliphatic carbocycles. The Labute approximate surface area is 95.9 Å². The fraction of sp³-hybridized carbons (Fsp3) is 0.300. The lowest BCUT2D eigenvalue weighted by Gasteiger charge is -2.05. The average molecular weight is 236 g/mol. The maximum atomic E-state index is 11.7. The number of aromatic carboxylic acids is 1. The van der Waals surface area contributed by atoms with Gasteiger partial charge in [-0.25, -0.2) is 9.31 Å². The lowest BCUT2D eigenvalue weighted by Crippen LogP contribution is -2.21. The molecule has 0 amide bonds. The Morgan fingerprint density at radius 1 is 1.65 bits per heavy atom. The van der Waals surface area contributed by atoms with Gasteiger partial charge in [0.1, 0.15) is 5.65 Å². The molecule has 90 valence electrons. The first-order chi connectivity index (χ1) is 8.04. The van der Waals surface area contributed by atoms with E-state index in [-0.39, 0.29) is 11.3 Å². The summed E-state index contributed by atoms with van der Waals surface area (Å²) >= 11 is 0. The van der Waals surface area contributed by atoms with E-state index in [1.165, 1.54) is 10.6 Å². The van der Waals surface area contributed by atoms with Gasteiger partial charge in [0, 0.05) is 17.3 Å². The molecule has 2 heterocycles. The van der Waals surface area contributed by atoms with Crippen molar-refractivity contribution in [3.63, 3.8) is 0 Å². The molecule has 0 saturated heterocycles. The van der Waals surface area contributed by atoms with Gasteiger partial charge in [-0.15, -0.1) is 0 Å². The SMILES string of the molecule is Cc1c(CCN)c(=O)[nH]c2cc(C(=O)O)nn12. The quantitative estimate of drug-likeness (QED) is 0.666. The predicted octanol–water partition coefficient (Wildman–Crippen LogP) is -0.470. The second-order valence-electron chi connectivity index (χ2n) is 3.69. The first kappa shape index (κ1) is 11.3. The van der Waals surface area contributed by atoms with Gasteiger partial charge in [0.2, 0.25) is 0 Å². The molecule has 0 aromatic carbocycles. The standard InChI is InChI=1S/C10H12N4O3/c1-5-6(2-3-11)9(15)12-8-4-7(10(16)17)13-14(5)8/h4H,2-3,11H2,1H3,(H,12,15)(H,16,17). The summed E-state index contributed by atoms with van der Waals surface area (Å²) in [4.78, 5) is 25.1. The minimum atomic E-state index is -1.13. The number of aromatic amines is 1. The van der Waals surface area contributed by atoms with Crippen LogP contribution in [0, 0.1) is 6.92 Å². The zero-order valence-electron chi connectivity index (χ0n) is 9.23. The number of fused-ring (bicyclic) bond motifs is 1. The second kappa shape index (κ2) is 4.02. The fourth-order valence-electron chi connectivity index (χ4n) is 1.75. The van der Waals surface area contributed by atoms with Crippen molar-refractivity contribution >= 4 is 11.6 Å². The van der Waals surface area contributed by atoms with Crippen LogP contribution >= 0.6 is 0 Å². The van der Waals surface area contributed by atoms with Gasteiger partial charge < -0.3 is 15.8 Å². The van der Waals surface area contributed by atoms with Crippen LogP contribution in [0.5, 0.6) is 0 Å². The van der Waals surface area contributed by atoms with E-state index in [2.05, 4.69) is 10.1 Å². The zero-order valence-corrected chi connectivity index (χ0v) is 9.23. The third kappa shape index (κ3) is 1.80. The Morgan fingerprint density at radius 2 is 2.35 bits per heavy atom. The largest absolute Gasteiger partial charge is 0.476 e. The third-order valence-corrected chi connectivity index (χ3v) is 2.59. The molecule has 0 unspecified atom stereocenters. The molecule has 7 heteroatoms. The topological polar surface area (TPSA) is 113 Å². The fourth-order valence-corrected chi connectivity index (χ4v) is 1.75. The van der Waals surface area contributed by atoms with Gasteiger partial charge >= 0.3 is 5.97 Å². The molecule has 2 aromatic heterocycles. The van der Waals surface area contributed by atoms with E-state index in [4.69, 9.17) is 10.8 Å². The van der Waals surface area contributed by atoms with Crippen molar-refractivity contribution in [2.24, 2.45) is 5.73 Å². The van der Waals surface area contributed by atoms with Crippen LogP contribution in [-0.4, -0.2) is 32.2 Å². The normalized spacial score (nSPS) is 10.9. The summed E-state index contributed by atoms with van der Waals surface area (Å²) in [6, 6.07) is 1.32. The Kier molecular flexibility index (Phi) is 2.68. The molecular formula is C10H12N4O3. The molecule has 0 atom stereocenters. The number of carbonyl (C=O) groups is 1. The minimum Gasteiger partial charge on any atom is -0.476 e. The first-order valence-electron chi connectivity index (χ1n) is 5.09. The number of hydrogen-bond donors (Lipinski definition) is 3. The van der Waals surface area contributed by atoms with Crippen LogP contribution in [0.4, 0.5) is 0 Å². The van der Waals surface area contributed by atoms with Crippen molar-refractivity contribution in [1.82, 2.24) is 14.6 Å². The number of carboxylic acid groups (broad SMARTS) is 1. The number of nitrogens with one attached hydrogen (secondary N) is 1. The van der Waals surface area contributed by atoms with Crippen LogP contribution in [0.1, 0.15) is 21.7 Å². The van der Waals surface area contributed by atoms with Crippen molar-refractivity contribution in [2.45, 2.75) is 13.3 Å². The van der Waals surface area contributed by atoms with Crippen molar-refractivity contribution in [3.8, 4) is 0 Å². The maximum Gasteiger partial charge on any atom is 0.356 e. The van der Waals surface area contributed by atoms with Gasteiger partial charge in [-0.2, -0.15) is 5.10 Å². The summed E-state index contributed by atoms with van der Waals surface area (Å²) < 4.78 is 1.41. The van der Waals surface area contributed by atoms with Crippen LogP contribution in [0.3, 0.4) is 0 Å². The smallest absolute Gasteiger partial charge is 0.356 e. The number of rotatable bonds is 3. The van der Waals surface area contributed by atoms with Gasteiger partial charge in [0.25, 0.3) is 5.56 Å². The number of aromatic nitrogens is 3. The summed E-state index contributed by atoms with van der Waals surface area (Å²) in [5, 5.41) is 12.7. The Bertz CT molecular complexity index is 641. The first-order valence-corrected chi connectivity index (χ1v) is 5.09. The van der Waals surface area contributed by atoms with Crippen LogP contribution < -0.4 is 11.3 Å². The van der Waals surface area contributed by atoms with E-state index in [1.54, 1.807) is 6.92 Å². The second-order valence-corrected chi connectivity index (χ2v) is 3.69. The number of carboxylic acids is 1. The lowest BCUT2D eigenvalue weighted by molar-refractivity contribution is 0.0690. The summed E-state index contributed by atoms with van der Waals surface area (Å²) in [5.41, 5.74) is 6.57. The summed E-state index contributed by atoms with van der Waals surface area (Å²) in [7, 11) is 0. The monoisotopic (exact) mass is 236 g/mol. The van der Waals surface area contributed by atoms with Gasteiger partial charge in [-0.1, -0.05) is 0 Å². The summed E-state index contributed by atoms with van der Waals surface area (Å²) in [6.45, 7) is 2.06. The molecule has 4 N–H and O–H groups in total. The van der Waals surface area contributed by atoms with Crippen molar-refractivity contribution in [3.05, 3.63) is 33.4 Å². The molecule has 0 spiro atoms. The number of aryl methyl sites for hydroxylation is 1. The molecule has 2 rings (SSSR count). The molecule has 17 heavy (non-hydrogen) atoms. The van der Waals surface area contributed by atoms with Crippen molar-refractivity contribution in [2.75, 3.05) is 6.54 Å². The van der Waals surface area contributed by atoms with Crippen LogP contribution in [0.2, 0.25) is 0 Å². The van der Waals surface area contributed by atoms with E-state index in [0.29, 0.717) is 29.9 Å². The molecular weight excluding hydrogens is 224 g/mol. The van der Waals surface area contributed by atoms with Crippen LogP contribution in [0.25, 0.3) is 5.65 Å². The molecule has 0 bridgehead atoms. The van der Waals surface area contributed by atoms with E-state index in [1.807, 2.05) is 0 Å². The molecule has 0 aliphatic heterocycles. The summed E-state index contributed by atoms with van der Waals surface area (Å²) in [6.07, 6.45) is 0.430. The lowest BCUT2D eigenvalue weighted by atomic mass is 10.2. The zero-order chi connectivity index (χ0) is 12.6. The molecule has 0 radical (unpaired) electrons. The van der Waals surface area contributed by atoms with Crippen LogP contribution in [0.15, 0.2) is 10.9 Å². The number of H-pyrrole nitrogens is 1. The highest BCUT2D eigenvalue weighted by atomic mass is 16.4. The van der Waals surface area contributed by atoms with Gasteiger partial charge in [-0.3, -0.25) is 4.79 Å². The van der Waals surface area contributed by atoms with Crippen LogP contribution in [-0.2, 0) is 6.42 Å². The number of hydrogen-bond acceptors (Lipinski definition) is 4. The molecule has 2 aromatic rings. The van der Waals surface area contributed by atoms with E-state index < -0.39 is 5.97 Å². The minimum absolute atomic E-state index is 0.103. The van der Waals surface area contributed by atoms with E-state index >= 15 is 0 Å².